The lowest BCUT2D eigenvalue weighted by Crippen LogP contribution is -2.24. The molecule has 0 amide bonds. The minimum atomic E-state index is 0.114. The van der Waals surface area contributed by atoms with Crippen molar-refractivity contribution in [2.24, 2.45) is 0 Å². The van der Waals surface area contributed by atoms with Gasteiger partial charge in [-0.3, -0.25) is 0 Å². The highest BCUT2D eigenvalue weighted by atomic mass is 16.5. The Labute approximate surface area is 116 Å². The molecule has 0 heterocycles. The van der Waals surface area contributed by atoms with Crippen molar-refractivity contribution >= 4 is 11.4 Å². The van der Waals surface area contributed by atoms with E-state index in [0.717, 1.165) is 24.3 Å². The van der Waals surface area contributed by atoms with E-state index in [4.69, 9.17) is 15.2 Å². The molecule has 19 heavy (non-hydrogen) atoms. The first-order valence-electron chi connectivity index (χ1n) is 6.88. The van der Waals surface area contributed by atoms with Crippen molar-refractivity contribution in [2.45, 2.75) is 45.8 Å². The summed E-state index contributed by atoms with van der Waals surface area (Å²) in [5.74, 6) is 0.729. The molecule has 0 aliphatic rings. The second kappa shape index (κ2) is 7.89. The standard InChI is InChI=1S/C15H26N2O2/c1-5-6-13(10-18-4)17-12-7-8-14(16)15(9-12)19-11(2)3/h7-9,11,13,17H,5-6,10,16H2,1-4H3. The summed E-state index contributed by atoms with van der Waals surface area (Å²) < 4.78 is 10.9. The molecule has 108 valence electrons. The van der Waals surface area contributed by atoms with Crippen LogP contribution in [0.15, 0.2) is 18.2 Å². The Bertz CT molecular complexity index is 374. The van der Waals surface area contributed by atoms with Crippen LogP contribution in [-0.4, -0.2) is 25.9 Å². The maximum Gasteiger partial charge on any atom is 0.144 e. The highest BCUT2D eigenvalue weighted by Gasteiger charge is 2.09. The first-order valence-corrected chi connectivity index (χ1v) is 6.88. The van der Waals surface area contributed by atoms with Gasteiger partial charge in [0.15, 0.2) is 0 Å². The Morgan fingerprint density at radius 2 is 2.05 bits per heavy atom. The summed E-state index contributed by atoms with van der Waals surface area (Å²) in [5.41, 5.74) is 7.59. The number of benzene rings is 1. The van der Waals surface area contributed by atoms with E-state index in [1.54, 1.807) is 7.11 Å². The SMILES string of the molecule is CCCC(COC)Nc1ccc(N)c(OC(C)C)c1. The quantitative estimate of drug-likeness (QED) is 0.709. The fourth-order valence-electron chi connectivity index (χ4n) is 1.96. The first-order chi connectivity index (χ1) is 9.06. The third kappa shape index (κ3) is 5.39. The summed E-state index contributed by atoms with van der Waals surface area (Å²) in [7, 11) is 1.72. The van der Waals surface area contributed by atoms with Crippen LogP contribution in [0.2, 0.25) is 0 Å². The van der Waals surface area contributed by atoms with Gasteiger partial charge in [0.25, 0.3) is 0 Å². The van der Waals surface area contributed by atoms with E-state index in [1.165, 1.54) is 0 Å². The fraction of sp³-hybridized carbons (Fsp3) is 0.600. The van der Waals surface area contributed by atoms with Gasteiger partial charge in [-0.1, -0.05) is 13.3 Å². The van der Waals surface area contributed by atoms with Crippen LogP contribution in [0.3, 0.4) is 0 Å². The van der Waals surface area contributed by atoms with Gasteiger partial charge in [-0.15, -0.1) is 0 Å². The fourth-order valence-corrected chi connectivity index (χ4v) is 1.96. The summed E-state index contributed by atoms with van der Waals surface area (Å²) >= 11 is 0. The van der Waals surface area contributed by atoms with Crippen molar-refractivity contribution in [1.29, 1.82) is 0 Å². The smallest absolute Gasteiger partial charge is 0.144 e. The van der Waals surface area contributed by atoms with Crippen molar-refractivity contribution in [3.05, 3.63) is 18.2 Å². The number of anilines is 2. The highest BCUT2D eigenvalue weighted by molar-refractivity contribution is 5.61. The van der Waals surface area contributed by atoms with E-state index in [0.29, 0.717) is 18.3 Å². The molecule has 0 saturated heterocycles. The van der Waals surface area contributed by atoms with E-state index < -0.39 is 0 Å². The molecule has 4 heteroatoms. The largest absolute Gasteiger partial charge is 0.489 e. The lowest BCUT2D eigenvalue weighted by atomic mass is 10.1. The summed E-state index contributed by atoms with van der Waals surface area (Å²) in [4.78, 5) is 0. The molecule has 0 radical (unpaired) electrons. The summed E-state index contributed by atoms with van der Waals surface area (Å²) in [6.45, 7) is 6.84. The predicted molar refractivity (Wildman–Crippen MR) is 80.8 cm³/mol. The van der Waals surface area contributed by atoms with Crippen LogP contribution in [0, 0.1) is 0 Å². The first kappa shape index (κ1) is 15.6. The van der Waals surface area contributed by atoms with Crippen LogP contribution in [0.4, 0.5) is 11.4 Å². The molecule has 0 aliphatic heterocycles. The Hall–Kier alpha value is -1.42. The van der Waals surface area contributed by atoms with Crippen LogP contribution >= 0.6 is 0 Å². The van der Waals surface area contributed by atoms with E-state index in [1.807, 2.05) is 32.0 Å². The molecule has 1 aromatic rings. The van der Waals surface area contributed by atoms with Crippen LogP contribution in [0.1, 0.15) is 33.6 Å². The van der Waals surface area contributed by atoms with Crippen molar-refractivity contribution in [1.82, 2.24) is 0 Å². The number of nitrogens with one attached hydrogen (secondary N) is 1. The zero-order chi connectivity index (χ0) is 14.3. The van der Waals surface area contributed by atoms with E-state index in [2.05, 4.69) is 12.2 Å². The molecule has 0 saturated carbocycles. The van der Waals surface area contributed by atoms with E-state index in [-0.39, 0.29) is 6.10 Å². The molecule has 0 fully saturated rings. The van der Waals surface area contributed by atoms with Gasteiger partial charge in [0.2, 0.25) is 0 Å². The van der Waals surface area contributed by atoms with Crippen molar-refractivity contribution in [2.75, 3.05) is 24.8 Å². The number of methoxy groups -OCH3 is 1. The summed E-state index contributed by atoms with van der Waals surface area (Å²) in [6.07, 6.45) is 2.30. The van der Waals surface area contributed by atoms with Crippen molar-refractivity contribution < 1.29 is 9.47 Å². The Kier molecular flexibility index (Phi) is 6.50. The van der Waals surface area contributed by atoms with Crippen LogP contribution in [0.25, 0.3) is 0 Å². The molecule has 4 nitrogen and oxygen atoms in total. The summed E-state index contributed by atoms with van der Waals surface area (Å²) in [5, 5.41) is 3.46. The molecule has 0 aromatic heterocycles. The van der Waals surface area contributed by atoms with Crippen molar-refractivity contribution in [3.63, 3.8) is 0 Å². The van der Waals surface area contributed by atoms with Crippen LogP contribution in [0.5, 0.6) is 5.75 Å². The van der Waals surface area contributed by atoms with Crippen LogP contribution < -0.4 is 15.8 Å². The lowest BCUT2D eigenvalue weighted by Gasteiger charge is -2.20. The second-order valence-corrected chi connectivity index (χ2v) is 5.00. The van der Waals surface area contributed by atoms with E-state index >= 15 is 0 Å². The molecular formula is C15H26N2O2. The number of nitrogens with two attached hydrogens (primary N) is 1. The zero-order valence-electron chi connectivity index (χ0n) is 12.4. The molecule has 1 aromatic carbocycles. The van der Waals surface area contributed by atoms with Gasteiger partial charge >= 0.3 is 0 Å². The van der Waals surface area contributed by atoms with Gasteiger partial charge in [-0.05, 0) is 32.4 Å². The van der Waals surface area contributed by atoms with Gasteiger partial charge < -0.3 is 20.5 Å². The van der Waals surface area contributed by atoms with Gasteiger partial charge in [0, 0.05) is 24.9 Å². The number of hydrogen-bond donors (Lipinski definition) is 2. The number of rotatable bonds is 8. The Morgan fingerprint density at radius 1 is 1.32 bits per heavy atom. The molecule has 0 spiro atoms. The number of ether oxygens (including phenoxy) is 2. The third-order valence-electron chi connectivity index (χ3n) is 2.75. The van der Waals surface area contributed by atoms with Gasteiger partial charge in [-0.25, -0.2) is 0 Å². The maximum absolute atomic E-state index is 5.91. The minimum absolute atomic E-state index is 0.114. The lowest BCUT2D eigenvalue weighted by molar-refractivity contribution is 0.182. The Balaban J connectivity index is 2.76. The van der Waals surface area contributed by atoms with Crippen LogP contribution in [-0.2, 0) is 4.74 Å². The number of nitrogen functional groups attached to an aromatic ring is 1. The topological polar surface area (TPSA) is 56.5 Å². The average molecular weight is 266 g/mol. The molecule has 0 bridgehead atoms. The predicted octanol–water partition coefficient (Wildman–Crippen LogP) is 3.28. The average Bonchev–Trinajstić information content (AvgIpc) is 2.33. The van der Waals surface area contributed by atoms with Gasteiger partial charge in [0.1, 0.15) is 5.75 Å². The maximum atomic E-state index is 5.91. The molecule has 3 N–H and O–H groups in total. The minimum Gasteiger partial charge on any atom is -0.489 e. The van der Waals surface area contributed by atoms with Gasteiger partial charge in [0.05, 0.1) is 18.4 Å². The van der Waals surface area contributed by atoms with E-state index in [9.17, 15) is 0 Å². The molecule has 1 unspecified atom stereocenters. The Morgan fingerprint density at radius 3 is 2.63 bits per heavy atom. The summed E-state index contributed by atoms with van der Waals surface area (Å²) in [6, 6.07) is 6.11. The van der Waals surface area contributed by atoms with Gasteiger partial charge in [-0.2, -0.15) is 0 Å². The third-order valence-corrected chi connectivity index (χ3v) is 2.75. The number of hydrogen-bond acceptors (Lipinski definition) is 4. The van der Waals surface area contributed by atoms with Crippen molar-refractivity contribution in [3.8, 4) is 5.75 Å². The zero-order valence-corrected chi connectivity index (χ0v) is 12.4. The normalized spacial score (nSPS) is 12.5. The highest BCUT2D eigenvalue weighted by Crippen LogP contribution is 2.27. The molecular weight excluding hydrogens is 240 g/mol. The second-order valence-electron chi connectivity index (χ2n) is 5.00. The molecule has 0 aliphatic carbocycles. The molecule has 1 rings (SSSR count). The molecule has 1 atom stereocenters. The monoisotopic (exact) mass is 266 g/mol.